The second kappa shape index (κ2) is 10.0. The van der Waals surface area contributed by atoms with Gasteiger partial charge in [-0.05, 0) is 31.5 Å². The molecule has 8 heteroatoms. The van der Waals surface area contributed by atoms with Crippen molar-refractivity contribution in [1.29, 1.82) is 0 Å². The molecule has 1 aromatic rings. The summed E-state index contributed by atoms with van der Waals surface area (Å²) in [6, 6.07) is 4.03. The second-order valence-electron chi connectivity index (χ2n) is 6.64. The largest absolute Gasteiger partial charge is 0.367 e. The molecule has 1 saturated heterocycles. The number of anilines is 1. The molecule has 0 radical (unpaired) electrons. The van der Waals surface area contributed by atoms with Gasteiger partial charge < -0.3 is 10.2 Å². The van der Waals surface area contributed by atoms with E-state index in [0.29, 0.717) is 44.0 Å². The molecule has 27 heavy (non-hydrogen) atoms. The Hall–Kier alpha value is -2.48. The van der Waals surface area contributed by atoms with Crippen LogP contribution in [-0.4, -0.2) is 61.9 Å². The van der Waals surface area contributed by atoms with Gasteiger partial charge >= 0.3 is 6.03 Å². The Morgan fingerprint density at radius 3 is 2.44 bits per heavy atom. The van der Waals surface area contributed by atoms with E-state index in [9.17, 15) is 18.8 Å². The number of hydrogen-bond acceptors (Lipinski definition) is 5. The van der Waals surface area contributed by atoms with E-state index in [0.717, 1.165) is 12.8 Å². The minimum Gasteiger partial charge on any atom is -0.367 e. The van der Waals surface area contributed by atoms with Crippen LogP contribution in [0.15, 0.2) is 18.2 Å². The molecule has 148 valence electrons. The number of nitrogens with one attached hydrogen (secondary N) is 2. The van der Waals surface area contributed by atoms with Gasteiger partial charge in [0.1, 0.15) is 5.82 Å². The summed E-state index contributed by atoms with van der Waals surface area (Å²) in [7, 11) is 0. The van der Waals surface area contributed by atoms with Crippen LogP contribution >= 0.6 is 0 Å². The molecular formula is C19H27FN4O3. The minimum absolute atomic E-state index is 0.126. The van der Waals surface area contributed by atoms with Crippen LogP contribution in [0.5, 0.6) is 0 Å². The number of piperazine rings is 1. The number of halogens is 1. The first-order valence-electron chi connectivity index (χ1n) is 9.26. The monoisotopic (exact) mass is 378 g/mol. The summed E-state index contributed by atoms with van der Waals surface area (Å²) in [5.41, 5.74) is 0.808. The first kappa shape index (κ1) is 20.8. The van der Waals surface area contributed by atoms with Gasteiger partial charge in [0.2, 0.25) is 5.91 Å². The number of carbonyl (C=O) groups excluding carboxylic acids is 3. The van der Waals surface area contributed by atoms with Crippen molar-refractivity contribution >= 4 is 23.4 Å². The molecule has 3 amide bonds. The van der Waals surface area contributed by atoms with E-state index in [1.807, 2.05) is 16.7 Å². The average Bonchev–Trinajstić information content (AvgIpc) is 2.62. The molecule has 1 aromatic carbocycles. The molecule has 0 spiro atoms. The smallest absolute Gasteiger partial charge is 0.321 e. The van der Waals surface area contributed by atoms with E-state index < -0.39 is 11.8 Å². The first-order valence-corrected chi connectivity index (χ1v) is 9.26. The fraction of sp³-hybridized carbons (Fsp3) is 0.526. The molecule has 0 saturated carbocycles. The Labute approximate surface area is 158 Å². The number of unbranched alkanes of at least 4 members (excludes halogenated alkanes) is 1. The first-order chi connectivity index (χ1) is 12.9. The van der Waals surface area contributed by atoms with Gasteiger partial charge in [-0.25, -0.2) is 9.18 Å². The zero-order valence-electron chi connectivity index (χ0n) is 15.9. The lowest BCUT2D eigenvalue weighted by Gasteiger charge is -2.35. The summed E-state index contributed by atoms with van der Waals surface area (Å²) in [5.74, 6) is -0.943. The van der Waals surface area contributed by atoms with Crippen molar-refractivity contribution in [1.82, 2.24) is 15.5 Å². The molecule has 7 nitrogen and oxygen atoms in total. The van der Waals surface area contributed by atoms with Crippen molar-refractivity contribution in [3.05, 3.63) is 29.6 Å². The van der Waals surface area contributed by atoms with Crippen LogP contribution in [0.2, 0.25) is 0 Å². The molecular weight excluding hydrogens is 351 g/mol. The highest BCUT2D eigenvalue weighted by molar-refractivity contribution is 5.95. The fourth-order valence-electron chi connectivity index (χ4n) is 2.92. The van der Waals surface area contributed by atoms with E-state index >= 15 is 0 Å². The van der Waals surface area contributed by atoms with Gasteiger partial charge in [-0.1, -0.05) is 13.3 Å². The van der Waals surface area contributed by atoms with Crippen molar-refractivity contribution in [2.75, 3.05) is 44.2 Å². The van der Waals surface area contributed by atoms with Gasteiger partial charge in [-0.2, -0.15) is 0 Å². The summed E-state index contributed by atoms with van der Waals surface area (Å²) in [5, 5.41) is 4.95. The number of Topliss-reactive ketones (excluding diaryl/α,β-unsaturated/α-hetero) is 1. The number of hydrogen-bond donors (Lipinski definition) is 2. The maximum Gasteiger partial charge on any atom is 0.321 e. The van der Waals surface area contributed by atoms with Crippen LogP contribution in [0.1, 0.15) is 37.0 Å². The highest BCUT2D eigenvalue weighted by Crippen LogP contribution is 2.22. The quantitative estimate of drug-likeness (QED) is 0.558. The molecule has 1 heterocycles. The third kappa shape index (κ3) is 6.32. The number of carbonyl (C=O) groups is 3. The van der Waals surface area contributed by atoms with Crippen molar-refractivity contribution in [3.8, 4) is 0 Å². The van der Waals surface area contributed by atoms with Crippen molar-refractivity contribution in [2.24, 2.45) is 0 Å². The van der Waals surface area contributed by atoms with E-state index in [4.69, 9.17) is 0 Å². The normalized spacial score (nSPS) is 14.7. The molecule has 2 rings (SSSR count). The minimum atomic E-state index is -0.472. The lowest BCUT2D eigenvalue weighted by molar-refractivity contribution is -0.121. The van der Waals surface area contributed by atoms with E-state index in [1.165, 1.54) is 13.0 Å². The third-order valence-electron chi connectivity index (χ3n) is 4.50. The summed E-state index contributed by atoms with van der Waals surface area (Å²) in [6.45, 7) is 6.38. The topological polar surface area (TPSA) is 81.8 Å². The van der Waals surface area contributed by atoms with Crippen LogP contribution in [0, 0.1) is 5.82 Å². The van der Waals surface area contributed by atoms with E-state index in [1.54, 1.807) is 12.1 Å². The summed E-state index contributed by atoms with van der Waals surface area (Å²) >= 11 is 0. The van der Waals surface area contributed by atoms with E-state index in [-0.39, 0.29) is 18.2 Å². The van der Waals surface area contributed by atoms with Crippen LogP contribution in [0.4, 0.5) is 14.9 Å². The molecule has 0 aromatic heterocycles. The summed E-state index contributed by atoms with van der Waals surface area (Å²) in [6.07, 6.45) is 1.84. The molecule has 0 unspecified atom stereocenters. The third-order valence-corrected chi connectivity index (χ3v) is 4.50. The molecule has 1 aliphatic heterocycles. The maximum atomic E-state index is 14.3. The molecule has 0 atom stereocenters. The van der Waals surface area contributed by atoms with Gasteiger partial charge in [0, 0.05) is 38.3 Å². The SMILES string of the molecule is CCCCNC(=O)NC(=O)CN1CCN(c2ccc(C(C)=O)cc2F)CC1. The predicted octanol–water partition coefficient (Wildman–Crippen LogP) is 1.78. The number of benzene rings is 1. The van der Waals surface area contributed by atoms with Crippen LogP contribution < -0.4 is 15.5 Å². The summed E-state index contributed by atoms with van der Waals surface area (Å²) < 4.78 is 14.3. The Bertz CT molecular complexity index is 688. The lowest BCUT2D eigenvalue weighted by Crippen LogP contribution is -2.51. The maximum absolute atomic E-state index is 14.3. The number of amides is 3. The van der Waals surface area contributed by atoms with Gasteiger partial charge in [0.25, 0.3) is 0 Å². The lowest BCUT2D eigenvalue weighted by atomic mass is 10.1. The highest BCUT2D eigenvalue weighted by Gasteiger charge is 2.22. The van der Waals surface area contributed by atoms with Crippen molar-refractivity contribution in [3.63, 3.8) is 0 Å². The Kier molecular flexibility index (Phi) is 7.72. The van der Waals surface area contributed by atoms with Gasteiger partial charge in [-0.15, -0.1) is 0 Å². The average molecular weight is 378 g/mol. The second-order valence-corrected chi connectivity index (χ2v) is 6.64. The van der Waals surface area contributed by atoms with Crippen molar-refractivity contribution < 1.29 is 18.8 Å². The molecule has 0 bridgehead atoms. The highest BCUT2D eigenvalue weighted by atomic mass is 19.1. The fourth-order valence-corrected chi connectivity index (χ4v) is 2.92. The number of ketones is 1. The number of urea groups is 1. The van der Waals surface area contributed by atoms with Crippen LogP contribution in [-0.2, 0) is 4.79 Å². The molecule has 1 fully saturated rings. The number of nitrogens with zero attached hydrogens (tertiary/aromatic N) is 2. The molecule has 2 N–H and O–H groups in total. The Morgan fingerprint density at radius 2 is 1.85 bits per heavy atom. The predicted molar refractivity (Wildman–Crippen MR) is 102 cm³/mol. The van der Waals surface area contributed by atoms with Crippen molar-refractivity contribution in [2.45, 2.75) is 26.7 Å². The standard InChI is InChI=1S/C19H27FN4O3/c1-3-4-7-21-19(27)22-18(26)13-23-8-10-24(11-9-23)17-6-5-15(14(2)25)12-16(17)20/h5-6,12H,3-4,7-11,13H2,1-2H3,(H2,21,22,26,27). The molecule has 1 aliphatic rings. The number of imide groups is 1. The zero-order chi connectivity index (χ0) is 19.8. The van der Waals surface area contributed by atoms with Gasteiger partial charge in [0.05, 0.1) is 12.2 Å². The van der Waals surface area contributed by atoms with Gasteiger partial charge in [-0.3, -0.25) is 19.8 Å². The Morgan fingerprint density at radius 1 is 1.15 bits per heavy atom. The van der Waals surface area contributed by atoms with Crippen LogP contribution in [0.25, 0.3) is 0 Å². The zero-order valence-corrected chi connectivity index (χ0v) is 15.9. The summed E-state index contributed by atoms with van der Waals surface area (Å²) in [4.78, 5) is 38.7. The molecule has 0 aliphatic carbocycles. The Balaban J connectivity index is 1.79. The van der Waals surface area contributed by atoms with Crippen LogP contribution in [0.3, 0.4) is 0 Å². The van der Waals surface area contributed by atoms with E-state index in [2.05, 4.69) is 10.6 Å². The van der Waals surface area contributed by atoms with Gasteiger partial charge in [0.15, 0.2) is 5.78 Å². The number of rotatable bonds is 7.